The van der Waals surface area contributed by atoms with Crippen molar-refractivity contribution in [2.45, 2.75) is 32.4 Å². The van der Waals surface area contributed by atoms with E-state index in [9.17, 15) is 35.9 Å². The van der Waals surface area contributed by atoms with Gasteiger partial charge < -0.3 is 10.6 Å². The van der Waals surface area contributed by atoms with Crippen molar-refractivity contribution in [2.24, 2.45) is 0 Å². The first-order valence-electron chi connectivity index (χ1n) is 11.6. The molecule has 204 valence electrons. The smallest absolute Gasteiger partial charge is 0.366 e. The third-order valence-corrected chi connectivity index (χ3v) is 5.71. The number of nitrogens with zero attached hydrogens (tertiary/aromatic N) is 3. The molecule has 13 heteroatoms. The van der Waals surface area contributed by atoms with Gasteiger partial charge in [0.05, 0.1) is 11.1 Å². The topological polar surface area (TPSA) is 88.9 Å². The average Bonchev–Trinajstić information content (AvgIpc) is 2.87. The van der Waals surface area contributed by atoms with Gasteiger partial charge in [-0.15, -0.1) is 0 Å². The fourth-order valence-electron chi connectivity index (χ4n) is 3.82. The number of aromatic nitrogens is 3. The second-order valence-electron chi connectivity index (χ2n) is 8.57. The molecule has 4 rings (SSSR count). The predicted molar refractivity (Wildman–Crippen MR) is 132 cm³/mol. The van der Waals surface area contributed by atoms with E-state index in [1.54, 1.807) is 0 Å². The molecule has 0 radical (unpaired) electrons. The summed E-state index contributed by atoms with van der Waals surface area (Å²) in [4.78, 5) is 33.4. The molecule has 2 aromatic carbocycles. The Kier molecular flexibility index (Phi) is 7.61. The van der Waals surface area contributed by atoms with Gasteiger partial charge in [-0.05, 0) is 42.0 Å². The van der Waals surface area contributed by atoms with Gasteiger partial charge in [0.1, 0.15) is 17.0 Å². The van der Waals surface area contributed by atoms with E-state index in [0.29, 0.717) is 5.56 Å². The van der Waals surface area contributed by atoms with E-state index in [2.05, 4.69) is 20.6 Å². The highest BCUT2D eigenvalue weighted by Crippen LogP contribution is 2.31. The molecule has 39 heavy (non-hydrogen) atoms. The highest BCUT2D eigenvalue weighted by atomic mass is 19.4. The lowest BCUT2D eigenvalue weighted by molar-refractivity contribution is -0.138. The first-order chi connectivity index (χ1) is 18.3. The van der Waals surface area contributed by atoms with Gasteiger partial charge in [-0.3, -0.25) is 14.2 Å². The number of anilines is 1. The number of carbonyl (C=O) groups excluding carboxylic acids is 1. The zero-order valence-electron chi connectivity index (χ0n) is 20.3. The van der Waals surface area contributed by atoms with Crippen LogP contribution in [0.3, 0.4) is 0 Å². The highest BCUT2D eigenvalue weighted by molar-refractivity contribution is 5.76. The minimum atomic E-state index is -4.55. The SMILES string of the molecule is CC(=O)NCCn1c(=O)c(-c2ccc(C(F)(F)F)cc2)nc2ccc(NCc3cccc(C(F)(F)F)c3)nc21. The first-order valence-corrected chi connectivity index (χ1v) is 11.6. The van der Waals surface area contributed by atoms with Crippen molar-refractivity contribution in [2.75, 3.05) is 11.9 Å². The van der Waals surface area contributed by atoms with Crippen LogP contribution in [-0.4, -0.2) is 27.0 Å². The van der Waals surface area contributed by atoms with Crippen molar-refractivity contribution in [1.29, 1.82) is 0 Å². The minimum Gasteiger partial charge on any atom is -0.366 e. The van der Waals surface area contributed by atoms with Crippen LogP contribution < -0.4 is 16.2 Å². The van der Waals surface area contributed by atoms with Crippen LogP contribution in [0.1, 0.15) is 23.6 Å². The third kappa shape index (κ3) is 6.54. The lowest BCUT2D eigenvalue weighted by Crippen LogP contribution is -2.31. The van der Waals surface area contributed by atoms with Gasteiger partial charge in [-0.2, -0.15) is 26.3 Å². The zero-order chi connectivity index (χ0) is 28.4. The highest BCUT2D eigenvalue weighted by Gasteiger charge is 2.31. The van der Waals surface area contributed by atoms with Crippen LogP contribution in [0.25, 0.3) is 22.4 Å². The maximum absolute atomic E-state index is 13.4. The normalized spacial score (nSPS) is 12.0. The number of rotatable bonds is 7. The second-order valence-corrected chi connectivity index (χ2v) is 8.57. The molecule has 7 nitrogen and oxygen atoms in total. The first kappa shape index (κ1) is 27.6. The molecule has 2 heterocycles. The van der Waals surface area contributed by atoms with Gasteiger partial charge in [0, 0.05) is 32.1 Å². The van der Waals surface area contributed by atoms with Gasteiger partial charge in [0.15, 0.2) is 5.65 Å². The summed E-state index contributed by atoms with van der Waals surface area (Å²) in [5, 5.41) is 5.49. The van der Waals surface area contributed by atoms with Crippen molar-refractivity contribution >= 4 is 22.9 Å². The Morgan fingerprint density at radius 2 is 1.59 bits per heavy atom. The third-order valence-electron chi connectivity index (χ3n) is 5.71. The number of fused-ring (bicyclic) bond motifs is 1. The maximum atomic E-state index is 13.4. The molecular weight excluding hydrogens is 528 g/mol. The number of alkyl halides is 6. The van der Waals surface area contributed by atoms with Crippen molar-refractivity contribution in [3.05, 3.63) is 87.7 Å². The Labute approximate surface area is 217 Å². The molecule has 0 atom stereocenters. The Bertz CT molecular complexity index is 1560. The molecule has 0 saturated carbocycles. The number of nitrogens with one attached hydrogen (secondary N) is 2. The Morgan fingerprint density at radius 3 is 2.23 bits per heavy atom. The van der Waals surface area contributed by atoms with E-state index in [1.165, 1.54) is 35.8 Å². The van der Waals surface area contributed by atoms with Crippen molar-refractivity contribution < 1.29 is 31.1 Å². The average molecular weight is 549 g/mol. The van der Waals surface area contributed by atoms with E-state index in [1.807, 2.05) is 0 Å². The number of benzene rings is 2. The molecule has 0 unspecified atom stereocenters. The molecule has 0 aliphatic rings. The van der Waals surface area contributed by atoms with Crippen molar-refractivity contribution in [3.8, 4) is 11.3 Å². The van der Waals surface area contributed by atoms with Crippen LogP contribution in [0, 0.1) is 0 Å². The van der Waals surface area contributed by atoms with Crippen LogP contribution in [0.4, 0.5) is 32.2 Å². The fraction of sp³-hybridized carbons (Fsp3) is 0.231. The summed E-state index contributed by atoms with van der Waals surface area (Å²) in [7, 11) is 0. The number of hydrogen-bond donors (Lipinski definition) is 2. The van der Waals surface area contributed by atoms with E-state index in [4.69, 9.17) is 0 Å². The largest absolute Gasteiger partial charge is 0.416 e. The summed E-state index contributed by atoms with van der Waals surface area (Å²) < 4.78 is 79.2. The van der Waals surface area contributed by atoms with Gasteiger partial charge in [0.25, 0.3) is 5.56 Å². The molecule has 0 spiro atoms. The van der Waals surface area contributed by atoms with Gasteiger partial charge in [0.2, 0.25) is 5.91 Å². The molecule has 2 N–H and O–H groups in total. The molecule has 4 aromatic rings. The minimum absolute atomic E-state index is 0.00954. The fourth-order valence-corrected chi connectivity index (χ4v) is 3.82. The number of hydrogen-bond acceptors (Lipinski definition) is 5. The quantitative estimate of drug-likeness (QED) is 0.308. The molecule has 0 bridgehead atoms. The molecule has 2 aromatic heterocycles. The summed E-state index contributed by atoms with van der Waals surface area (Å²) >= 11 is 0. The van der Waals surface area contributed by atoms with E-state index in [0.717, 1.165) is 36.4 Å². The molecule has 0 aliphatic carbocycles. The number of carbonyl (C=O) groups is 1. The lowest BCUT2D eigenvalue weighted by Gasteiger charge is -2.14. The summed E-state index contributed by atoms with van der Waals surface area (Å²) in [5.41, 5.74) is -1.54. The zero-order valence-corrected chi connectivity index (χ0v) is 20.3. The Hall–Kier alpha value is -4.42. The van der Waals surface area contributed by atoms with Crippen LogP contribution in [0.2, 0.25) is 0 Å². The number of pyridine rings is 1. The second kappa shape index (κ2) is 10.8. The molecule has 0 saturated heterocycles. The lowest BCUT2D eigenvalue weighted by atomic mass is 10.1. The van der Waals surface area contributed by atoms with Crippen molar-refractivity contribution in [1.82, 2.24) is 19.9 Å². The van der Waals surface area contributed by atoms with Crippen LogP contribution in [-0.2, 0) is 30.2 Å². The number of halogens is 6. The molecular formula is C26H21F6N5O2. The Morgan fingerprint density at radius 1 is 0.897 bits per heavy atom. The maximum Gasteiger partial charge on any atom is 0.416 e. The molecule has 0 aliphatic heterocycles. The predicted octanol–water partition coefficient (Wildman–Crippen LogP) is 5.24. The van der Waals surface area contributed by atoms with Crippen LogP contribution in [0.5, 0.6) is 0 Å². The summed E-state index contributed by atoms with van der Waals surface area (Å²) in [6, 6.07) is 11.8. The van der Waals surface area contributed by atoms with Crippen LogP contribution in [0.15, 0.2) is 65.5 Å². The van der Waals surface area contributed by atoms with Crippen LogP contribution >= 0.6 is 0 Å². The van der Waals surface area contributed by atoms with Gasteiger partial charge in [-0.1, -0.05) is 24.3 Å². The molecule has 1 amide bonds. The van der Waals surface area contributed by atoms with E-state index >= 15 is 0 Å². The van der Waals surface area contributed by atoms with E-state index < -0.39 is 29.0 Å². The standard InChI is InChI=1S/C26H21F6N5O2/c1-15(38)33-11-12-37-23-20(35-22(24(37)39)17-5-7-18(8-6-17)25(27,28)29)9-10-21(36-23)34-14-16-3-2-4-19(13-16)26(30,31)32/h2-10,13H,11-12,14H2,1H3,(H,33,38)(H,34,36). The van der Waals surface area contributed by atoms with Gasteiger partial charge in [-0.25, -0.2) is 9.97 Å². The summed E-state index contributed by atoms with van der Waals surface area (Å²) in [6.07, 6.45) is -9.03. The monoisotopic (exact) mass is 549 g/mol. The Balaban J connectivity index is 1.70. The summed E-state index contributed by atoms with van der Waals surface area (Å²) in [6.45, 7) is 1.35. The molecule has 0 fully saturated rings. The number of amides is 1. The van der Waals surface area contributed by atoms with Gasteiger partial charge >= 0.3 is 12.4 Å². The van der Waals surface area contributed by atoms with E-state index in [-0.39, 0.29) is 53.8 Å². The summed E-state index contributed by atoms with van der Waals surface area (Å²) in [5.74, 6) is -0.0857. The van der Waals surface area contributed by atoms with Crippen molar-refractivity contribution in [3.63, 3.8) is 0 Å².